The van der Waals surface area contributed by atoms with Crippen LogP contribution in [0.25, 0.3) is 0 Å². The Balaban J connectivity index is 2.17. The Morgan fingerprint density at radius 2 is 1.93 bits per heavy atom. The monoisotopic (exact) mass is 399 g/mol. The first-order valence-electron chi connectivity index (χ1n) is 7.95. The van der Waals surface area contributed by atoms with Crippen molar-refractivity contribution in [1.82, 2.24) is 0 Å². The van der Waals surface area contributed by atoms with Gasteiger partial charge in [0.15, 0.2) is 0 Å². The highest BCUT2D eigenvalue weighted by Gasteiger charge is 2.37. The van der Waals surface area contributed by atoms with Crippen molar-refractivity contribution >= 4 is 23.3 Å². The number of anilines is 1. The summed E-state index contributed by atoms with van der Waals surface area (Å²) in [5.41, 5.74) is -0.00476. The van der Waals surface area contributed by atoms with Gasteiger partial charge in [-0.1, -0.05) is 36.7 Å². The molecular formula is C19H14ClF4NO2. The Morgan fingerprint density at radius 3 is 2.52 bits per heavy atom. The number of aliphatic carboxylic acids is 1. The quantitative estimate of drug-likeness (QED) is 0.547. The van der Waals surface area contributed by atoms with Crippen LogP contribution in [-0.2, 0) is 17.5 Å². The molecule has 1 N–H and O–H groups in total. The molecule has 0 aliphatic carbocycles. The standard InChI is InChI=1S/C19H14ClF4NO2/c1-10-14-6-5-12(19(22,23)24)8-15(14)25(17(20)16(10)18(26)27)9-11-3-2-4-13(21)7-11/h2-8,10H,9H2,1H3,(H,26,27). The summed E-state index contributed by atoms with van der Waals surface area (Å²) >= 11 is 6.27. The second-order valence-electron chi connectivity index (χ2n) is 6.22. The summed E-state index contributed by atoms with van der Waals surface area (Å²) in [5.74, 6) is -2.47. The van der Waals surface area contributed by atoms with E-state index in [0.717, 1.165) is 12.1 Å². The van der Waals surface area contributed by atoms with Crippen LogP contribution in [0.4, 0.5) is 23.2 Å². The molecule has 0 fully saturated rings. The van der Waals surface area contributed by atoms with Crippen LogP contribution in [0.15, 0.2) is 53.2 Å². The molecule has 3 nitrogen and oxygen atoms in total. The van der Waals surface area contributed by atoms with E-state index in [9.17, 15) is 27.5 Å². The molecule has 1 atom stereocenters. The minimum absolute atomic E-state index is 0.0750. The van der Waals surface area contributed by atoms with Gasteiger partial charge >= 0.3 is 12.1 Å². The maximum absolute atomic E-state index is 13.5. The second-order valence-corrected chi connectivity index (χ2v) is 6.58. The number of alkyl halides is 3. The molecule has 8 heteroatoms. The zero-order valence-corrected chi connectivity index (χ0v) is 14.8. The van der Waals surface area contributed by atoms with Crippen LogP contribution >= 0.6 is 11.6 Å². The van der Waals surface area contributed by atoms with Gasteiger partial charge in [-0.2, -0.15) is 13.2 Å². The summed E-state index contributed by atoms with van der Waals surface area (Å²) in [6.07, 6.45) is -4.56. The van der Waals surface area contributed by atoms with Crippen LogP contribution in [0.1, 0.15) is 29.5 Å². The molecule has 1 unspecified atom stereocenters. The zero-order valence-electron chi connectivity index (χ0n) is 14.0. The van der Waals surface area contributed by atoms with E-state index in [2.05, 4.69) is 0 Å². The van der Waals surface area contributed by atoms with E-state index < -0.39 is 29.4 Å². The predicted molar refractivity (Wildman–Crippen MR) is 93.0 cm³/mol. The van der Waals surface area contributed by atoms with E-state index in [1.165, 1.54) is 29.2 Å². The Labute approximate surface area is 157 Å². The van der Waals surface area contributed by atoms with E-state index in [1.807, 2.05) is 0 Å². The van der Waals surface area contributed by atoms with Gasteiger partial charge in [-0.05, 0) is 35.4 Å². The molecule has 1 aliphatic rings. The number of hydrogen-bond acceptors (Lipinski definition) is 2. The molecule has 0 amide bonds. The number of nitrogens with zero attached hydrogens (tertiary/aromatic N) is 1. The van der Waals surface area contributed by atoms with E-state index in [4.69, 9.17) is 11.6 Å². The molecule has 2 aromatic carbocycles. The number of fused-ring (bicyclic) bond motifs is 1. The van der Waals surface area contributed by atoms with Gasteiger partial charge in [0.05, 0.1) is 11.1 Å². The van der Waals surface area contributed by atoms with Crippen molar-refractivity contribution < 1.29 is 27.5 Å². The van der Waals surface area contributed by atoms with Crippen molar-refractivity contribution in [3.05, 3.63) is 75.7 Å². The first-order chi connectivity index (χ1) is 12.6. The molecule has 0 saturated carbocycles. The summed E-state index contributed by atoms with van der Waals surface area (Å²) in [5, 5.41) is 9.32. The highest BCUT2D eigenvalue weighted by molar-refractivity contribution is 6.33. The van der Waals surface area contributed by atoms with E-state index in [-0.39, 0.29) is 23.0 Å². The van der Waals surface area contributed by atoms with Crippen molar-refractivity contribution in [2.45, 2.75) is 25.6 Å². The SMILES string of the molecule is CC1C(C(=O)O)=C(Cl)N(Cc2cccc(F)c2)c2cc(C(F)(F)F)ccc21. The third-order valence-corrected chi connectivity index (χ3v) is 4.88. The van der Waals surface area contributed by atoms with Crippen LogP contribution in [-0.4, -0.2) is 11.1 Å². The first kappa shape index (κ1) is 19.2. The third kappa shape index (κ3) is 3.64. The molecule has 0 aromatic heterocycles. The van der Waals surface area contributed by atoms with Crippen LogP contribution in [0.2, 0.25) is 0 Å². The fourth-order valence-electron chi connectivity index (χ4n) is 3.15. The van der Waals surface area contributed by atoms with Crippen LogP contribution in [0.3, 0.4) is 0 Å². The highest BCUT2D eigenvalue weighted by Crippen LogP contribution is 2.45. The van der Waals surface area contributed by atoms with Gasteiger partial charge in [0.1, 0.15) is 11.0 Å². The Bertz CT molecular complexity index is 940. The Hall–Kier alpha value is -2.54. The van der Waals surface area contributed by atoms with E-state index in [1.54, 1.807) is 13.0 Å². The van der Waals surface area contributed by atoms with E-state index >= 15 is 0 Å². The molecule has 1 heterocycles. The lowest BCUT2D eigenvalue weighted by atomic mass is 9.87. The fourth-order valence-corrected chi connectivity index (χ4v) is 3.55. The molecule has 0 radical (unpaired) electrons. The molecule has 1 aliphatic heterocycles. The Morgan fingerprint density at radius 1 is 1.22 bits per heavy atom. The maximum atomic E-state index is 13.5. The maximum Gasteiger partial charge on any atom is 0.416 e. The van der Waals surface area contributed by atoms with Gasteiger partial charge in [-0.3, -0.25) is 0 Å². The summed E-state index contributed by atoms with van der Waals surface area (Å²) in [4.78, 5) is 12.9. The third-order valence-electron chi connectivity index (χ3n) is 4.47. The van der Waals surface area contributed by atoms with Crippen LogP contribution in [0, 0.1) is 5.82 Å². The van der Waals surface area contributed by atoms with Crippen molar-refractivity contribution in [2.75, 3.05) is 4.90 Å². The number of benzene rings is 2. The number of carboxylic acids is 1. The number of carbonyl (C=O) groups is 1. The molecule has 0 bridgehead atoms. The highest BCUT2D eigenvalue weighted by atomic mass is 35.5. The largest absolute Gasteiger partial charge is 0.478 e. The average molecular weight is 400 g/mol. The van der Waals surface area contributed by atoms with Gasteiger partial charge in [0, 0.05) is 18.2 Å². The van der Waals surface area contributed by atoms with Crippen molar-refractivity contribution in [2.24, 2.45) is 0 Å². The van der Waals surface area contributed by atoms with Crippen molar-refractivity contribution in [3.63, 3.8) is 0 Å². The molecule has 27 heavy (non-hydrogen) atoms. The Kier molecular flexibility index (Phi) is 4.90. The first-order valence-corrected chi connectivity index (χ1v) is 8.33. The number of hydrogen-bond donors (Lipinski definition) is 1. The molecule has 142 valence electrons. The normalized spacial score (nSPS) is 17.1. The minimum atomic E-state index is -4.56. The number of carboxylic acid groups (broad SMARTS) is 1. The van der Waals surface area contributed by atoms with E-state index in [0.29, 0.717) is 11.1 Å². The van der Waals surface area contributed by atoms with Gasteiger partial charge < -0.3 is 10.0 Å². The van der Waals surface area contributed by atoms with Gasteiger partial charge in [0.25, 0.3) is 0 Å². The smallest absolute Gasteiger partial charge is 0.416 e. The van der Waals surface area contributed by atoms with Crippen LogP contribution in [0.5, 0.6) is 0 Å². The van der Waals surface area contributed by atoms with Crippen molar-refractivity contribution in [3.8, 4) is 0 Å². The van der Waals surface area contributed by atoms with Gasteiger partial charge in [0.2, 0.25) is 0 Å². The second kappa shape index (κ2) is 6.88. The summed E-state index contributed by atoms with van der Waals surface area (Å²) < 4.78 is 53.0. The lowest BCUT2D eigenvalue weighted by Crippen LogP contribution is -2.30. The summed E-state index contributed by atoms with van der Waals surface area (Å²) in [6, 6.07) is 8.60. The topological polar surface area (TPSA) is 40.5 Å². The molecule has 2 aromatic rings. The zero-order chi connectivity index (χ0) is 19.9. The summed E-state index contributed by atoms with van der Waals surface area (Å²) in [7, 11) is 0. The number of rotatable bonds is 3. The lowest BCUT2D eigenvalue weighted by Gasteiger charge is -2.35. The predicted octanol–water partition coefficient (Wildman–Crippen LogP) is 5.50. The lowest BCUT2D eigenvalue weighted by molar-refractivity contribution is -0.137. The molecule has 0 spiro atoms. The van der Waals surface area contributed by atoms with Gasteiger partial charge in [-0.15, -0.1) is 0 Å². The minimum Gasteiger partial charge on any atom is -0.478 e. The average Bonchev–Trinajstić information content (AvgIpc) is 2.57. The fraction of sp³-hybridized carbons (Fsp3) is 0.211. The number of halogens is 5. The van der Waals surface area contributed by atoms with Gasteiger partial charge in [-0.25, -0.2) is 9.18 Å². The van der Waals surface area contributed by atoms with Crippen molar-refractivity contribution in [1.29, 1.82) is 0 Å². The molecular weight excluding hydrogens is 386 g/mol. The summed E-state index contributed by atoms with van der Waals surface area (Å²) in [6.45, 7) is 1.49. The molecule has 0 saturated heterocycles. The molecule has 3 rings (SSSR count). The van der Waals surface area contributed by atoms with Crippen LogP contribution < -0.4 is 4.90 Å².